The minimum atomic E-state index is -0.526. The normalized spacial score (nSPS) is 14.1. The molecule has 0 heterocycles. The van der Waals surface area contributed by atoms with Gasteiger partial charge in [0.1, 0.15) is 0 Å². The fourth-order valence-corrected chi connectivity index (χ4v) is 4.42. The van der Waals surface area contributed by atoms with Crippen LogP contribution in [0.25, 0.3) is 0 Å². The predicted octanol–water partition coefficient (Wildman–Crippen LogP) is 7.93. The molecule has 188 valence electrons. The lowest BCUT2D eigenvalue weighted by molar-refractivity contribution is -0.296. The van der Waals surface area contributed by atoms with E-state index in [-0.39, 0.29) is 5.41 Å². The van der Waals surface area contributed by atoms with E-state index in [0.717, 1.165) is 64.8 Å². The van der Waals surface area contributed by atoms with E-state index in [4.69, 9.17) is 18.9 Å². The maximum absolute atomic E-state index is 6.58. The molecule has 0 aliphatic heterocycles. The Kier molecular flexibility index (Phi) is 20.3. The Morgan fingerprint density at radius 3 is 1.65 bits per heavy atom. The Bertz CT molecular complexity index is 346. The first kappa shape index (κ1) is 30.8. The molecule has 0 fully saturated rings. The molecule has 0 rings (SSSR count). The standard InChI is InChI=1S/C27H56O4/c1-7-11-14-15-16-17-19-27(10-4,20-18-21-29-25-24-28-6)26(5,30-22-12-8-2)31-23-13-9-3/h7-25H2,1-6H3. The molecule has 0 spiro atoms. The summed E-state index contributed by atoms with van der Waals surface area (Å²) in [4.78, 5) is 0. The smallest absolute Gasteiger partial charge is 0.171 e. The predicted molar refractivity (Wildman–Crippen MR) is 133 cm³/mol. The van der Waals surface area contributed by atoms with Crippen molar-refractivity contribution in [2.45, 2.75) is 130 Å². The highest BCUT2D eigenvalue weighted by Crippen LogP contribution is 2.47. The van der Waals surface area contributed by atoms with E-state index in [1.807, 2.05) is 0 Å². The number of methoxy groups -OCH3 is 1. The Morgan fingerprint density at radius 1 is 0.548 bits per heavy atom. The zero-order chi connectivity index (χ0) is 23.3. The topological polar surface area (TPSA) is 36.9 Å². The lowest BCUT2D eigenvalue weighted by Gasteiger charge is -2.48. The third-order valence-corrected chi connectivity index (χ3v) is 6.78. The van der Waals surface area contributed by atoms with E-state index in [0.29, 0.717) is 13.2 Å². The highest BCUT2D eigenvalue weighted by atomic mass is 16.7. The summed E-state index contributed by atoms with van der Waals surface area (Å²) >= 11 is 0. The molecule has 0 aromatic carbocycles. The van der Waals surface area contributed by atoms with Crippen LogP contribution in [-0.2, 0) is 18.9 Å². The van der Waals surface area contributed by atoms with Crippen LogP contribution in [0.2, 0.25) is 0 Å². The molecule has 0 saturated heterocycles. The number of unbranched alkanes of at least 4 members (excludes halogenated alkanes) is 7. The van der Waals surface area contributed by atoms with Gasteiger partial charge < -0.3 is 18.9 Å². The van der Waals surface area contributed by atoms with Crippen molar-refractivity contribution in [3.63, 3.8) is 0 Å². The van der Waals surface area contributed by atoms with Gasteiger partial charge in [0, 0.05) is 19.1 Å². The maximum atomic E-state index is 6.58. The van der Waals surface area contributed by atoms with Crippen molar-refractivity contribution in [2.24, 2.45) is 5.41 Å². The molecule has 0 aromatic rings. The van der Waals surface area contributed by atoms with Crippen LogP contribution in [0.5, 0.6) is 0 Å². The molecule has 4 nitrogen and oxygen atoms in total. The van der Waals surface area contributed by atoms with E-state index in [2.05, 4.69) is 34.6 Å². The van der Waals surface area contributed by atoms with Gasteiger partial charge in [0.25, 0.3) is 0 Å². The zero-order valence-electron chi connectivity index (χ0n) is 22.1. The summed E-state index contributed by atoms with van der Waals surface area (Å²) < 4.78 is 24.1. The second-order valence-electron chi connectivity index (χ2n) is 9.21. The van der Waals surface area contributed by atoms with Crippen molar-refractivity contribution in [3.05, 3.63) is 0 Å². The highest BCUT2D eigenvalue weighted by molar-refractivity contribution is 4.91. The van der Waals surface area contributed by atoms with Crippen LogP contribution in [0.3, 0.4) is 0 Å². The third kappa shape index (κ3) is 13.2. The van der Waals surface area contributed by atoms with Gasteiger partial charge in [-0.15, -0.1) is 0 Å². The fraction of sp³-hybridized carbons (Fsp3) is 1.00. The molecule has 0 bridgehead atoms. The van der Waals surface area contributed by atoms with Crippen molar-refractivity contribution in [1.29, 1.82) is 0 Å². The molecule has 1 atom stereocenters. The summed E-state index contributed by atoms with van der Waals surface area (Å²) in [5.74, 6) is -0.526. The van der Waals surface area contributed by atoms with Crippen molar-refractivity contribution in [3.8, 4) is 0 Å². The first-order valence-corrected chi connectivity index (χ1v) is 13.4. The molecule has 4 heteroatoms. The van der Waals surface area contributed by atoms with Crippen LogP contribution < -0.4 is 0 Å². The van der Waals surface area contributed by atoms with Crippen molar-refractivity contribution >= 4 is 0 Å². The number of rotatable bonds is 24. The average molecular weight is 445 g/mol. The van der Waals surface area contributed by atoms with Gasteiger partial charge >= 0.3 is 0 Å². The Morgan fingerprint density at radius 2 is 1.10 bits per heavy atom. The molecule has 0 radical (unpaired) electrons. The number of ether oxygens (including phenoxy) is 4. The van der Waals surface area contributed by atoms with Gasteiger partial charge in [0.05, 0.1) is 26.4 Å². The summed E-state index contributed by atoms with van der Waals surface area (Å²) in [5, 5.41) is 0. The molecule has 1 unspecified atom stereocenters. The van der Waals surface area contributed by atoms with Gasteiger partial charge in [-0.1, -0.05) is 79.1 Å². The van der Waals surface area contributed by atoms with Gasteiger partial charge in [-0.2, -0.15) is 0 Å². The van der Waals surface area contributed by atoms with Crippen LogP contribution in [0.1, 0.15) is 125 Å². The van der Waals surface area contributed by atoms with Crippen LogP contribution >= 0.6 is 0 Å². The second kappa shape index (κ2) is 20.4. The number of hydrogen-bond donors (Lipinski definition) is 0. The average Bonchev–Trinajstić information content (AvgIpc) is 2.77. The fourth-order valence-electron chi connectivity index (χ4n) is 4.42. The zero-order valence-corrected chi connectivity index (χ0v) is 22.1. The summed E-state index contributed by atoms with van der Waals surface area (Å²) in [6, 6.07) is 0. The minimum Gasteiger partial charge on any atom is -0.382 e. The first-order chi connectivity index (χ1) is 15.1. The lowest BCUT2D eigenvalue weighted by Crippen LogP contribution is -2.50. The first-order valence-electron chi connectivity index (χ1n) is 13.4. The van der Waals surface area contributed by atoms with Gasteiger partial charge in [0.2, 0.25) is 0 Å². The SMILES string of the molecule is CCCCCCCCC(CC)(CCCOCCOC)C(C)(OCCCC)OCCCC. The summed E-state index contributed by atoms with van der Waals surface area (Å²) in [7, 11) is 1.72. The molecular weight excluding hydrogens is 388 g/mol. The van der Waals surface area contributed by atoms with Crippen LogP contribution in [-0.4, -0.2) is 45.9 Å². The Balaban J connectivity index is 5.22. The summed E-state index contributed by atoms with van der Waals surface area (Å²) in [6.45, 7) is 14.9. The molecule has 31 heavy (non-hydrogen) atoms. The highest BCUT2D eigenvalue weighted by Gasteiger charge is 2.48. The monoisotopic (exact) mass is 444 g/mol. The maximum Gasteiger partial charge on any atom is 0.171 e. The van der Waals surface area contributed by atoms with Crippen LogP contribution in [0.4, 0.5) is 0 Å². The lowest BCUT2D eigenvalue weighted by atomic mass is 9.70. The molecule has 0 aliphatic rings. The van der Waals surface area contributed by atoms with E-state index in [1.54, 1.807) is 7.11 Å². The van der Waals surface area contributed by atoms with Gasteiger partial charge in [-0.3, -0.25) is 0 Å². The third-order valence-electron chi connectivity index (χ3n) is 6.78. The summed E-state index contributed by atoms with van der Waals surface area (Å²) in [6.07, 6.45) is 16.8. The van der Waals surface area contributed by atoms with E-state index in [9.17, 15) is 0 Å². The van der Waals surface area contributed by atoms with E-state index in [1.165, 1.54) is 44.9 Å². The van der Waals surface area contributed by atoms with E-state index >= 15 is 0 Å². The van der Waals surface area contributed by atoms with Crippen molar-refractivity contribution in [1.82, 2.24) is 0 Å². The molecule has 0 aromatic heterocycles. The quantitative estimate of drug-likeness (QED) is 0.112. The van der Waals surface area contributed by atoms with Crippen LogP contribution in [0, 0.1) is 5.41 Å². The molecule has 0 N–H and O–H groups in total. The molecule has 0 amide bonds. The Hall–Kier alpha value is -0.160. The van der Waals surface area contributed by atoms with Crippen LogP contribution in [0.15, 0.2) is 0 Å². The Labute approximate surface area is 195 Å². The minimum absolute atomic E-state index is 0.0316. The van der Waals surface area contributed by atoms with Gasteiger partial charge in [0.15, 0.2) is 5.79 Å². The van der Waals surface area contributed by atoms with E-state index < -0.39 is 5.79 Å². The largest absolute Gasteiger partial charge is 0.382 e. The van der Waals surface area contributed by atoms with Gasteiger partial charge in [-0.25, -0.2) is 0 Å². The molecular formula is C27H56O4. The number of hydrogen-bond acceptors (Lipinski definition) is 4. The molecule has 0 aliphatic carbocycles. The molecule has 0 saturated carbocycles. The van der Waals surface area contributed by atoms with Crippen molar-refractivity contribution in [2.75, 3.05) is 40.1 Å². The second-order valence-corrected chi connectivity index (χ2v) is 9.21. The van der Waals surface area contributed by atoms with Crippen molar-refractivity contribution < 1.29 is 18.9 Å². The summed E-state index contributed by atoms with van der Waals surface area (Å²) in [5.41, 5.74) is 0.0316. The van der Waals surface area contributed by atoms with Gasteiger partial charge in [-0.05, 0) is 45.4 Å².